The Morgan fingerprint density at radius 2 is 2.07 bits per heavy atom. The lowest BCUT2D eigenvalue weighted by atomic mass is 9.79. The lowest BCUT2D eigenvalue weighted by Gasteiger charge is -2.45. The van der Waals surface area contributed by atoms with Gasteiger partial charge in [0.1, 0.15) is 0 Å². The van der Waals surface area contributed by atoms with Gasteiger partial charge in [0.25, 0.3) is 11.6 Å². The number of anilines is 1. The topological polar surface area (TPSA) is 87.8 Å². The quantitative estimate of drug-likeness (QED) is 0.473. The Kier molecular flexibility index (Phi) is 5.42. The van der Waals surface area contributed by atoms with Crippen LogP contribution in [0, 0.1) is 17.0 Å². The number of non-ortho nitro benzene ring substituents is 1. The van der Waals surface area contributed by atoms with Crippen LogP contribution in [0.2, 0.25) is 0 Å². The maximum atomic E-state index is 12.2. The van der Waals surface area contributed by atoms with E-state index in [2.05, 4.69) is 55.4 Å². The molecule has 1 aliphatic rings. The van der Waals surface area contributed by atoms with Crippen LogP contribution in [0.3, 0.4) is 0 Å². The fourth-order valence-electron chi connectivity index (χ4n) is 3.86. The third-order valence-corrected chi connectivity index (χ3v) is 5.71. The van der Waals surface area contributed by atoms with Gasteiger partial charge in [-0.05, 0) is 68.0 Å². The van der Waals surface area contributed by atoms with Crippen molar-refractivity contribution < 1.29 is 9.72 Å². The minimum Gasteiger partial charge on any atom is -0.369 e. The van der Waals surface area contributed by atoms with E-state index < -0.39 is 10.8 Å². The number of hydrogen-bond acceptors (Lipinski definition) is 5. The van der Waals surface area contributed by atoms with Gasteiger partial charge in [0, 0.05) is 36.0 Å². The van der Waals surface area contributed by atoms with Crippen LogP contribution >= 0.6 is 0 Å². The summed E-state index contributed by atoms with van der Waals surface area (Å²) < 4.78 is 0. The molecule has 1 aliphatic heterocycles. The van der Waals surface area contributed by atoms with Gasteiger partial charge < -0.3 is 4.90 Å². The van der Waals surface area contributed by atoms with Gasteiger partial charge >= 0.3 is 0 Å². The Labute approximate surface area is 170 Å². The second-order valence-electron chi connectivity index (χ2n) is 8.25. The molecule has 1 amide bonds. The highest BCUT2D eigenvalue weighted by Gasteiger charge is 2.34. The highest BCUT2D eigenvalue weighted by atomic mass is 16.6. The summed E-state index contributed by atoms with van der Waals surface area (Å²) in [5.74, 6) is -0.0705. The number of aryl methyl sites for hydroxylation is 1. The van der Waals surface area contributed by atoms with Gasteiger partial charge in [0.05, 0.1) is 11.1 Å². The predicted octanol–water partition coefficient (Wildman–Crippen LogP) is 4.39. The molecule has 7 nitrogen and oxygen atoms in total. The third kappa shape index (κ3) is 4.13. The van der Waals surface area contributed by atoms with Gasteiger partial charge in [0.2, 0.25) is 0 Å². The van der Waals surface area contributed by atoms with Gasteiger partial charge in [-0.25, -0.2) is 5.43 Å². The first-order valence-corrected chi connectivity index (χ1v) is 9.56. The number of hydrazone groups is 1. The van der Waals surface area contributed by atoms with Crippen molar-refractivity contribution in [2.75, 3.05) is 11.9 Å². The fraction of sp³-hybridized carbons (Fsp3) is 0.364. The Balaban J connectivity index is 1.80. The number of nitro benzene ring substituents is 1. The SMILES string of the molecule is Cc1cc2c(cc1/C=N\NC(=O)c1cccc([N+](=O)[O-])c1)[C@@H](C)CC(C)(C)N2C. The van der Waals surface area contributed by atoms with Crippen molar-refractivity contribution in [2.45, 2.75) is 45.6 Å². The number of carbonyl (C=O) groups is 1. The molecule has 0 unspecified atom stereocenters. The third-order valence-electron chi connectivity index (χ3n) is 5.71. The molecular formula is C22H26N4O3. The van der Waals surface area contributed by atoms with E-state index in [4.69, 9.17) is 0 Å². The highest BCUT2D eigenvalue weighted by molar-refractivity contribution is 5.95. The average Bonchev–Trinajstić information content (AvgIpc) is 2.66. The summed E-state index contributed by atoms with van der Waals surface area (Å²) in [5.41, 5.74) is 7.10. The maximum Gasteiger partial charge on any atom is 0.271 e. The maximum absolute atomic E-state index is 12.2. The molecule has 3 rings (SSSR count). The Morgan fingerprint density at radius 3 is 2.76 bits per heavy atom. The zero-order valence-electron chi connectivity index (χ0n) is 17.4. The van der Waals surface area contributed by atoms with Crippen molar-refractivity contribution in [2.24, 2.45) is 5.10 Å². The van der Waals surface area contributed by atoms with E-state index in [-0.39, 0.29) is 16.8 Å². The molecule has 29 heavy (non-hydrogen) atoms. The van der Waals surface area contributed by atoms with Gasteiger partial charge in [-0.1, -0.05) is 13.0 Å². The van der Waals surface area contributed by atoms with Gasteiger partial charge in [-0.15, -0.1) is 0 Å². The van der Waals surface area contributed by atoms with Crippen LogP contribution in [-0.2, 0) is 0 Å². The Bertz CT molecular complexity index is 998. The number of hydrogen-bond donors (Lipinski definition) is 1. The van der Waals surface area contributed by atoms with Gasteiger partial charge in [0.15, 0.2) is 0 Å². The molecule has 0 aromatic heterocycles. The van der Waals surface area contributed by atoms with Crippen molar-refractivity contribution in [1.29, 1.82) is 0 Å². The van der Waals surface area contributed by atoms with Gasteiger partial charge in [-0.2, -0.15) is 5.10 Å². The molecule has 7 heteroatoms. The van der Waals surface area contributed by atoms with Crippen molar-refractivity contribution >= 4 is 23.5 Å². The van der Waals surface area contributed by atoms with E-state index in [0.717, 1.165) is 17.5 Å². The Hall–Kier alpha value is -3.22. The second kappa shape index (κ2) is 7.66. The average molecular weight is 394 g/mol. The number of amides is 1. The summed E-state index contributed by atoms with van der Waals surface area (Å²) >= 11 is 0. The molecular weight excluding hydrogens is 368 g/mol. The zero-order valence-corrected chi connectivity index (χ0v) is 17.4. The predicted molar refractivity (Wildman–Crippen MR) is 115 cm³/mol. The summed E-state index contributed by atoms with van der Waals surface area (Å²) in [4.78, 5) is 24.9. The molecule has 0 fully saturated rings. The normalized spacial score (nSPS) is 17.8. The van der Waals surface area contributed by atoms with E-state index in [0.29, 0.717) is 5.92 Å². The largest absolute Gasteiger partial charge is 0.369 e. The zero-order chi connectivity index (χ0) is 21.3. The second-order valence-corrected chi connectivity index (χ2v) is 8.25. The minimum atomic E-state index is -0.532. The molecule has 0 saturated heterocycles. The lowest BCUT2D eigenvalue weighted by Crippen LogP contribution is -2.45. The molecule has 0 radical (unpaired) electrons. The van der Waals surface area contributed by atoms with E-state index in [1.165, 1.54) is 35.5 Å². The van der Waals surface area contributed by atoms with E-state index in [9.17, 15) is 14.9 Å². The van der Waals surface area contributed by atoms with Crippen molar-refractivity contribution in [3.8, 4) is 0 Å². The first-order chi connectivity index (χ1) is 13.6. The van der Waals surface area contributed by atoms with Gasteiger partial charge in [-0.3, -0.25) is 14.9 Å². The molecule has 2 aromatic carbocycles. The lowest BCUT2D eigenvalue weighted by molar-refractivity contribution is -0.384. The molecule has 0 bridgehead atoms. The fourth-order valence-corrected chi connectivity index (χ4v) is 3.86. The minimum absolute atomic E-state index is 0.0979. The van der Waals surface area contributed by atoms with Crippen LogP contribution in [0.5, 0.6) is 0 Å². The number of carbonyl (C=O) groups excluding carboxylic acids is 1. The molecule has 0 saturated carbocycles. The smallest absolute Gasteiger partial charge is 0.271 e. The number of nitrogens with one attached hydrogen (secondary N) is 1. The summed E-state index contributed by atoms with van der Waals surface area (Å²) in [6.07, 6.45) is 2.68. The van der Waals surface area contributed by atoms with Crippen molar-refractivity contribution in [3.05, 3.63) is 68.8 Å². The first kappa shape index (κ1) is 20.5. The standard InChI is InChI=1S/C22H26N4O3/c1-14-9-20-19(15(2)12-22(3,4)25(20)5)11-17(14)13-23-24-21(27)16-7-6-8-18(10-16)26(28)29/h6-11,13,15H,12H2,1-5H3,(H,24,27)/b23-13-/t15-/m0/s1. The van der Waals surface area contributed by atoms with Crippen molar-refractivity contribution in [1.82, 2.24) is 5.43 Å². The Morgan fingerprint density at radius 1 is 1.34 bits per heavy atom. The monoisotopic (exact) mass is 394 g/mol. The molecule has 1 heterocycles. The van der Waals surface area contributed by atoms with Crippen LogP contribution in [0.1, 0.15) is 60.2 Å². The van der Waals surface area contributed by atoms with E-state index in [1.807, 2.05) is 6.92 Å². The molecule has 1 atom stereocenters. The summed E-state index contributed by atoms with van der Waals surface area (Å²) in [7, 11) is 2.12. The number of fused-ring (bicyclic) bond motifs is 1. The summed E-state index contributed by atoms with van der Waals surface area (Å²) in [5, 5.41) is 14.9. The highest BCUT2D eigenvalue weighted by Crippen LogP contribution is 2.43. The van der Waals surface area contributed by atoms with Crippen molar-refractivity contribution in [3.63, 3.8) is 0 Å². The molecule has 152 valence electrons. The van der Waals surface area contributed by atoms with Crippen LogP contribution < -0.4 is 10.3 Å². The van der Waals surface area contributed by atoms with E-state index >= 15 is 0 Å². The molecule has 0 aliphatic carbocycles. The number of benzene rings is 2. The van der Waals surface area contributed by atoms with Crippen LogP contribution in [-0.4, -0.2) is 29.6 Å². The first-order valence-electron chi connectivity index (χ1n) is 9.56. The molecule has 1 N–H and O–H groups in total. The number of nitrogens with zero attached hydrogens (tertiary/aromatic N) is 3. The number of nitro groups is 1. The van der Waals surface area contributed by atoms with Crippen LogP contribution in [0.25, 0.3) is 0 Å². The number of rotatable bonds is 4. The van der Waals surface area contributed by atoms with Crippen LogP contribution in [0.4, 0.5) is 11.4 Å². The molecule has 0 spiro atoms. The van der Waals surface area contributed by atoms with E-state index in [1.54, 1.807) is 6.21 Å². The van der Waals surface area contributed by atoms with Crippen LogP contribution in [0.15, 0.2) is 41.5 Å². The summed E-state index contributed by atoms with van der Waals surface area (Å²) in [6, 6.07) is 9.86. The molecule has 2 aromatic rings. The summed E-state index contributed by atoms with van der Waals surface area (Å²) in [6.45, 7) is 8.75.